The number of carboxylic acids is 2. The number of hydrogen-bond donors (Lipinski definition) is 7. The van der Waals surface area contributed by atoms with Gasteiger partial charge in [-0.15, -0.1) is 0 Å². The summed E-state index contributed by atoms with van der Waals surface area (Å²) < 4.78 is 0. The first-order chi connectivity index (χ1) is 18.9. The van der Waals surface area contributed by atoms with Crippen LogP contribution in [0.1, 0.15) is 45.1 Å². The molecule has 0 saturated carbocycles. The number of nitrogens with one attached hydrogen (secondary N) is 4. The zero-order valence-corrected chi connectivity index (χ0v) is 23.8. The summed E-state index contributed by atoms with van der Waals surface area (Å²) in [7, 11) is 0. The van der Waals surface area contributed by atoms with Crippen molar-refractivity contribution in [2.24, 2.45) is 11.7 Å². The fourth-order valence-corrected chi connectivity index (χ4v) is 4.63. The van der Waals surface area contributed by atoms with Crippen LogP contribution in [0.25, 0.3) is 10.9 Å². The minimum absolute atomic E-state index is 0.0155. The van der Waals surface area contributed by atoms with Crippen molar-refractivity contribution in [3.63, 3.8) is 0 Å². The number of aromatic amines is 1. The van der Waals surface area contributed by atoms with Crippen LogP contribution in [0.4, 0.5) is 0 Å². The van der Waals surface area contributed by atoms with Crippen molar-refractivity contribution in [1.29, 1.82) is 0 Å². The van der Waals surface area contributed by atoms with Crippen molar-refractivity contribution in [2.45, 2.75) is 70.1 Å². The molecule has 8 N–H and O–H groups in total. The van der Waals surface area contributed by atoms with E-state index in [-0.39, 0.29) is 38.0 Å². The van der Waals surface area contributed by atoms with E-state index in [1.807, 2.05) is 44.4 Å². The van der Waals surface area contributed by atoms with Gasteiger partial charge in [0.1, 0.15) is 18.1 Å². The lowest BCUT2D eigenvalue weighted by molar-refractivity contribution is -0.143. The van der Waals surface area contributed by atoms with Crippen molar-refractivity contribution in [3.05, 3.63) is 36.0 Å². The van der Waals surface area contributed by atoms with Gasteiger partial charge in [-0.1, -0.05) is 32.0 Å². The molecule has 0 saturated heterocycles. The van der Waals surface area contributed by atoms with Gasteiger partial charge in [0.15, 0.2) is 0 Å². The molecule has 0 aliphatic rings. The van der Waals surface area contributed by atoms with Gasteiger partial charge >= 0.3 is 11.9 Å². The first-order valence-corrected chi connectivity index (χ1v) is 14.5. The summed E-state index contributed by atoms with van der Waals surface area (Å²) in [6.07, 6.45) is 3.65. The van der Waals surface area contributed by atoms with Crippen molar-refractivity contribution in [2.75, 3.05) is 12.0 Å². The van der Waals surface area contributed by atoms with Crippen molar-refractivity contribution in [1.82, 2.24) is 20.9 Å². The van der Waals surface area contributed by atoms with Gasteiger partial charge in [0, 0.05) is 29.9 Å². The third-order valence-corrected chi connectivity index (χ3v) is 6.95. The molecule has 0 aliphatic heterocycles. The number of rotatable bonds is 17. The lowest BCUT2D eigenvalue weighted by Crippen LogP contribution is -2.57. The van der Waals surface area contributed by atoms with Gasteiger partial charge in [-0.3, -0.25) is 19.2 Å². The average molecular weight is 578 g/mol. The Morgan fingerprint density at radius 1 is 0.925 bits per heavy atom. The summed E-state index contributed by atoms with van der Waals surface area (Å²) in [5, 5.41) is 27.2. The number of hydrogen-bond acceptors (Lipinski definition) is 7. The minimum Gasteiger partial charge on any atom is -0.481 e. The van der Waals surface area contributed by atoms with Crippen molar-refractivity contribution < 1.29 is 34.2 Å². The number of aliphatic carboxylic acids is 2. The smallest absolute Gasteiger partial charge is 0.326 e. The molecule has 0 fully saturated rings. The molecule has 13 heteroatoms. The number of carboxylic acid groups (broad SMARTS) is 2. The Morgan fingerprint density at radius 2 is 1.55 bits per heavy atom. The van der Waals surface area contributed by atoms with E-state index in [2.05, 4.69) is 20.9 Å². The Balaban J connectivity index is 2.28. The molecule has 2 rings (SSSR count). The van der Waals surface area contributed by atoms with Gasteiger partial charge < -0.3 is 36.9 Å². The summed E-state index contributed by atoms with van der Waals surface area (Å²) >= 11 is 1.46. The number of benzene rings is 1. The maximum absolute atomic E-state index is 13.5. The molecule has 1 aromatic heterocycles. The number of nitrogens with two attached hydrogens (primary N) is 1. The molecule has 0 bridgehead atoms. The summed E-state index contributed by atoms with van der Waals surface area (Å²) in [5.41, 5.74) is 7.46. The molecule has 0 radical (unpaired) electrons. The van der Waals surface area contributed by atoms with E-state index >= 15 is 0 Å². The van der Waals surface area contributed by atoms with Crippen LogP contribution >= 0.6 is 11.8 Å². The Morgan fingerprint density at radius 3 is 2.17 bits per heavy atom. The number of aromatic nitrogens is 1. The number of thioether (sulfide) groups is 1. The lowest BCUT2D eigenvalue weighted by Gasteiger charge is -2.25. The number of para-hydroxylation sites is 1. The summed E-state index contributed by atoms with van der Waals surface area (Å²) in [6.45, 7) is 3.68. The van der Waals surface area contributed by atoms with Crippen molar-refractivity contribution >= 4 is 52.3 Å². The molecule has 2 aromatic rings. The highest BCUT2D eigenvalue weighted by molar-refractivity contribution is 7.98. The molecule has 0 aliphatic carbocycles. The van der Waals surface area contributed by atoms with Gasteiger partial charge in [0.2, 0.25) is 17.7 Å². The van der Waals surface area contributed by atoms with Crippen LogP contribution < -0.4 is 21.7 Å². The molecule has 0 spiro atoms. The zero-order valence-electron chi connectivity index (χ0n) is 22.9. The van der Waals surface area contributed by atoms with E-state index in [9.17, 15) is 29.1 Å². The zero-order chi connectivity index (χ0) is 29.8. The second-order valence-corrected chi connectivity index (χ2v) is 11.0. The van der Waals surface area contributed by atoms with Crippen LogP contribution in [0.15, 0.2) is 30.5 Å². The van der Waals surface area contributed by atoms with Crippen LogP contribution in [-0.2, 0) is 30.4 Å². The second-order valence-electron chi connectivity index (χ2n) is 10.0. The number of H-pyrrole nitrogens is 1. The fourth-order valence-electron chi connectivity index (χ4n) is 4.16. The van der Waals surface area contributed by atoms with E-state index in [1.54, 1.807) is 6.20 Å². The van der Waals surface area contributed by atoms with Gasteiger partial charge in [-0.2, -0.15) is 11.8 Å². The summed E-state index contributed by atoms with van der Waals surface area (Å²) in [6, 6.07) is 2.98. The predicted octanol–water partition coefficient (Wildman–Crippen LogP) is 1.24. The van der Waals surface area contributed by atoms with Crippen LogP contribution in [0, 0.1) is 5.92 Å². The molecule has 1 aromatic carbocycles. The van der Waals surface area contributed by atoms with Gasteiger partial charge in [-0.25, -0.2) is 4.79 Å². The van der Waals surface area contributed by atoms with Gasteiger partial charge in [0.25, 0.3) is 0 Å². The van der Waals surface area contributed by atoms with E-state index < -0.39 is 53.8 Å². The monoisotopic (exact) mass is 577 g/mol. The standard InChI is InChI=1S/C27H39N5O7S/c1-15(2)12-22(27(38)39)32-25(36)20(10-11-40-3)30-26(37)21(31-24(35)18(28)8-9-23(33)34)13-16-14-29-19-7-5-4-6-17(16)19/h4-7,14-15,18,20-22,29H,8-13,28H2,1-3H3,(H,30,37)(H,31,35)(H,32,36)(H,33,34)(H,38,39). The maximum atomic E-state index is 13.5. The highest BCUT2D eigenvalue weighted by Gasteiger charge is 2.31. The van der Waals surface area contributed by atoms with Gasteiger partial charge in [-0.05, 0) is 48.8 Å². The van der Waals surface area contributed by atoms with Crippen molar-refractivity contribution in [3.8, 4) is 0 Å². The quantitative estimate of drug-likeness (QED) is 0.144. The SMILES string of the molecule is CSCCC(NC(=O)C(Cc1c[nH]c2ccccc12)NC(=O)C(N)CCC(=O)O)C(=O)NC(CC(C)C)C(=O)O. The Labute approximate surface area is 237 Å². The number of fused-ring (bicyclic) bond motifs is 1. The molecule has 1 heterocycles. The Hall–Kier alpha value is -3.58. The molecule has 4 atom stereocenters. The molecular formula is C27H39N5O7S. The highest BCUT2D eigenvalue weighted by Crippen LogP contribution is 2.19. The molecule has 3 amide bonds. The third-order valence-electron chi connectivity index (χ3n) is 6.30. The average Bonchev–Trinajstić information content (AvgIpc) is 3.30. The molecule has 40 heavy (non-hydrogen) atoms. The second kappa shape index (κ2) is 15.9. The number of carbonyl (C=O) groups excluding carboxylic acids is 3. The van der Waals surface area contributed by atoms with Crippen LogP contribution in [-0.4, -0.2) is 81.0 Å². The van der Waals surface area contributed by atoms with Crippen LogP contribution in [0.3, 0.4) is 0 Å². The maximum Gasteiger partial charge on any atom is 0.326 e. The first-order valence-electron chi connectivity index (χ1n) is 13.1. The van der Waals surface area contributed by atoms with E-state index in [1.165, 1.54) is 11.8 Å². The minimum atomic E-state index is -1.17. The van der Waals surface area contributed by atoms with E-state index in [0.29, 0.717) is 5.75 Å². The predicted molar refractivity (Wildman–Crippen MR) is 153 cm³/mol. The summed E-state index contributed by atoms with van der Waals surface area (Å²) in [4.78, 5) is 65.2. The Bertz CT molecular complexity index is 1180. The third kappa shape index (κ3) is 10.2. The number of amides is 3. The highest BCUT2D eigenvalue weighted by atomic mass is 32.2. The normalized spacial score (nSPS) is 14.2. The van der Waals surface area contributed by atoms with E-state index in [4.69, 9.17) is 10.8 Å². The molecular weight excluding hydrogens is 538 g/mol. The molecule has 220 valence electrons. The van der Waals surface area contributed by atoms with Crippen LogP contribution in [0.5, 0.6) is 0 Å². The van der Waals surface area contributed by atoms with Crippen LogP contribution in [0.2, 0.25) is 0 Å². The summed E-state index contributed by atoms with van der Waals surface area (Å²) in [5.74, 6) is -3.73. The largest absolute Gasteiger partial charge is 0.481 e. The Kier molecular flexibility index (Phi) is 12.9. The number of carbonyl (C=O) groups is 5. The lowest BCUT2D eigenvalue weighted by atomic mass is 10.0. The fraction of sp³-hybridized carbons (Fsp3) is 0.519. The van der Waals surface area contributed by atoms with E-state index in [0.717, 1.165) is 16.5 Å². The van der Waals surface area contributed by atoms with Gasteiger partial charge in [0.05, 0.1) is 6.04 Å². The first kappa shape index (κ1) is 32.6. The topological polar surface area (TPSA) is 204 Å². The molecule has 4 unspecified atom stereocenters. The molecule has 12 nitrogen and oxygen atoms in total.